The van der Waals surface area contributed by atoms with E-state index < -0.39 is 28.0 Å². The van der Waals surface area contributed by atoms with Crippen molar-refractivity contribution < 1.29 is 22.7 Å². The van der Waals surface area contributed by atoms with Crippen LogP contribution in [0.2, 0.25) is 0 Å². The zero-order valence-electron chi connectivity index (χ0n) is 18.6. The van der Waals surface area contributed by atoms with E-state index in [1.807, 2.05) is 19.1 Å². The predicted octanol–water partition coefficient (Wildman–Crippen LogP) is 3.77. The molecular weight excluding hydrogens is 416 g/mol. The fourth-order valence-electron chi connectivity index (χ4n) is 3.04. The van der Waals surface area contributed by atoms with Gasteiger partial charge in [-0.3, -0.25) is 4.79 Å². The van der Waals surface area contributed by atoms with E-state index in [4.69, 9.17) is 4.74 Å². The number of nitrogens with zero attached hydrogens (tertiary/aromatic N) is 1. The van der Waals surface area contributed by atoms with Crippen LogP contribution < -0.4 is 5.32 Å². The fraction of sp³-hybridized carbons (Fsp3) is 0.391. The van der Waals surface area contributed by atoms with Crippen LogP contribution in [0, 0.1) is 6.92 Å². The summed E-state index contributed by atoms with van der Waals surface area (Å²) >= 11 is 0. The van der Waals surface area contributed by atoms with Crippen LogP contribution in [0.4, 0.5) is 5.69 Å². The lowest BCUT2D eigenvalue weighted by molar-refractivity contribution is -0.123. The second-order valence-electron chi connectivity index (χ2n) is 7.15. The van der Waals surface area contributed by atoms with E-state index in [0.717, 1.165) is 12.0 Å². The maximum atomic E-state index is 12.8. The number of amides is 1. The number of benzene rings is 2. The van der Waals surface area contributed by atoms with Crippen LogP contribution in [0.5, 0.6) is 0 Å². The van der Waals surface area contributed by atoms with Crippen LogP contribution in [0.25, 0.3) is 0 Å². The number of aryl methyl sites for hydroxylation is 2. The molecule has 1 N–H and O–H groups in total. The first-order valence-electron chi connectivity index (χ1n) is 10.4. The molecule has 0 radical (unpaired) electrons. The Hall–Kier alpha value is -2.71. The zero-order chi connectivity index (χ0) is 23.2. The Kier molecular flexibility index (Phi) is 8.36. The summed E-state index contributed by atoms with van der Waals surface area (Å²) < 4.78 is 32.2. The predicted molar refractivity (Wildman–Crippen MR) is 121 cm³/mol. The highest BCUT2D eigenvalue weighted by Crippen LogP contribution is 2.21. The monoisotopic (exact) mass is 446 g/mol. The van der Waals surface area contributed by atoms with Crippen molar-refractivity contribution in [3.63, 3.8) is 0 Å². The van der Waals surface area contributed by atoms with Crippen LogP contribution in [0.1, 0.15) is 49.2 Å². The second-order valence-corrected chi connectivity index (χ2v) is 9.09. The van der Waals surface area contributed by atoms with Crippen LogP contribution in [-0.4, -0.2) is 43.8 Å². The number of hydrogen-bond acceptors (Lipinski definition) is 5. The largest absolute Gasteiger partial charge is 0.449 e. The van der Waals surface area contributed by atoms with Gasteiger partial charge in [-0.25, -0.2) is 13.2 Å². The molecule has 7 nitrogen and oxygen atoms in total. The number of nitrogens with one attached hydrogen (secondary N) is 1. The highest BCUT2D eigenvalue weighted by molar-refractivity contribution is 7.89. The Morgan fingerprint density at radius 2 is 1.65 bits per heavy atom. The first kappa shape index (κ1) is 24.6. The van der Waals surface area contributed by atoms with Crippen LogP contribution >= 0.6 is 0 Å². The van der Waals surface area contributed by atoms with E-state index in [1.165, 1.54) is 23.4 Å². The van der Waals surface area contributed by atoms with Crippen molar-refractivity contribution in [3.05, 3.63) is 59.2 Å². The number of anilines is 1. The van der Waals surface area contributed by atoms with Gasteiger partial charge in [0.05, 0.1) is 10.5 Å². The number of rotatable bonds is 9. The van der Waals surface area contributed by atoms with Crippen LogP contribution in [0.15, 0.2) is 47.4 Å². The molecule has 0 fully saturated rings. The van der Waals surface area contributed by atoms with Gasteiger partial charge >= 0.3 is 5.97 Å². The first-order valence-corrected chi connectivity index (χ1v) is 11.8. The average molecular weight is 447 g/mol. The third-order valence-corrected chi connectivity index (χ3v) is 7.10. The molecule has 168 valence electrons. The smallest absolute Gasteiger partial charge is 0.339 e. The molecule has 1 unspecified atom stereocenters. The molecule has 0 heterocycles. The van der Waals surface area contributed by atoms with Crippen molar-refractivity contribution in [2.45, 2.75) is 52.0 Å². The molecular formula is C23H30N2O5S. The summed E-state index contributed by atoms with van der Waals surface area (Å²) in [5.74, 6) is -1.22. The number of hydrogen-bond donors (Lipinski definition) is 1. The molecule has 8 heteroatoms. The van der Waals surface area contributed by atoms with E-state index in [1.54, 1.807) is 39.0 Å². The first-order chi connectivity index (χ1) is 14.6. The molecule has 1 atom stereocenters. The zero-order valence-corrected chi connectivity index (χ0v) is 19.5. The molecule has 1 amide bonds. The SMILES string of the molecule is CCc1ccc(NC(=O)C(C)OC(=O)c2cc(S(=O)(=O)N(CC)CC)ccc2C)cc1. The van der Waals surface area contributed by atoms with Crippen molar-refractivity contribution >= 4 is 27.6 Å². The van der Waals surface area contributed by atoms with Gasteiger partial charge in [0.15, 0.2) is 6.10 Å². The minimum atomic E-state index is -3.72. The van der Waals surface area contributed by atoms with Gasteiger partial charge in [-0.1, -0.05) is 39.0 Å². The van der Waals surface area contributed by atoms with Crippen LogP contribution in [-0.2, 0) is 26.0 Å². The van der Waals surface area contributed by atoms with Crippen molar-refractivity contribution in [1.82, 2.24) is 4.31 Å². The lowest BCUT2D eigenvalue weighted by Crippen LogP contribution is -2.31. The van der Waals surface area contributed by atoms with Crippen molar-refractivity contribution in [3.8, 4) is 0 Å². The maximum Gasteiger partial charge on any atom is 0.339 e. The lowest BCUT2D eigenvalue weighted by Gasteiger charge is -2.19. The van der Waals surface area contributed by atoms with Gasteiger partial charge in [0.1, 0.15) is 0 Å². The van der Waals surface area contributed by atoms with E-state index in [2.05, 4.69) is 5.32 Å². The van der Waals surface area contributed by atoms with Crippen molar-refractivity contribution in [1.29, 1.82) is 0 Å². The molecule has 0 aliphatic heterocycles. The third-order valence-electron chi connectivity index (χ3n) is 5.05. The Labute approximate surface area is 184 Å². The van der Waals surface area contributed by atoms with E-state index >= 15 is 0 Å². The van der Waals surface area contributed by atoms with Gasteiger partial charge in [-0.05, 0) is 55.7 Å². The lowest BCUT2D eigenvalue weighted by atomic mass is 10.1. The molecule has 0 aromatic heterocycles. The van der Waals surface area contributed by atoms with Gasteiger partial charge in [-0.2, -0.15) is 4.31 Å². The van der Waals surface area contributed by atoms with E-state index in [-0.39, 0.29) is 10.5 Å². The highest BCUT2D eigenvalue weighted by Gasteiger charge is 2.25. The summed E-state index contributed by atoms with van der Waals surface area (Å²) in [7, 11) is -3.72. The molecule has 31 heavy (non-hydrogen) atoms. The van der Waals surface area contributed by atoms with E-state index in [0.29, 0.717) is 24.3 Å². The van der Waals surface area contributed by atoms with Gasteiger partial charge < -0.3 is 10.1 Å². The summed E-state index contributed by atoms with van der Waals surface area (Å²) in [4.78, 5) is 25.1. The number of esters is 1. The van der Waals surface area contributed by atoms with Gasteiger partial charge in [0, 0.05) is 18.8 Å². The quantitative estimate of drug-likeness (QED) is 0.592. The molecule has 0 aliphatic carbocycles. The molecule has 0 saturated heterocycles. The normalized spacial score (nSPS) is 12.5. The van der Waals surface area contributed by atoms with Gasteiger partial charge in [0.25, 0.3) is 5.91 Å². The molecule has 0 saturated carbocycles. The molecule has 0 aliphatic rings. The average Bonchev–Trinajstić information content (AvgIpc) is 2.74. The molecule has 2 aromatic rings. The number of carbonyl (C=O) groups is 2. The summed E-state index contributed by atoms with van der Waals surface area (Å²) in [6.45, 7) is 9.34. The molecule has 0 spiro atoms. The van der Waals surface area contributed by atoms with Gasteiger partial charge in [0.2, 0.25) is 10.0 Å². The molecule has 2 rings (SSSR count). The number of carbonyl (C=O) groups excluding carboxylic acids is 2. The summed E-state index contributed by atoms with van der Waals surface area (Å²) in [5.41, 5.74) is 2.42. The fourth-order valence-corrected chi connectivity index (χ4v) is 4.52. The topological polar surface area (TPSA) is 92.8 Å². The Morgan fingerprint density at radius 3 is 2.19 bits per heavy atom. The number of ether oxygens (including phenoxy) is 1. The van der Waals surface area contributed by atoms with Gasteiger partial charge in [-0.15, -0.1) is 0 Å². The standard InChI is InChI=1S/C23H30N2O5S/c1-6-18-10-12-19(13-11-18)24-22(26)17(5)30-23(27)21-15-20(14-9-16(21)4)31(28,29)25(7-2)8-3/h9-15,17H,6-8H2,1-5H3,(H,24,26). The Morgan fingerprint density at radius 1 is 1.03 bits per heavy atom. The van der Waals surface area contributed by atoms with Crippen LogP contribution in [0.3, 0.4) is 0 Å². The highest BCUT2D eigenvalue weighted by atomic mass is 32.2. The Bertz CT molecular complexity index is 1030. The van der Waals surface area contributed by atoms with Crippen molar-refractivity contribution in [2.75, 3.05) is 18.4 Å². The summed E-state index contributed by atoms with van der Waals surface area (Å²) in [6, 6.07) is 11.7. The third kappa shape index (κ3) is 5.92. The van der Waals surface area contributed by atoms with E-state index in [9.17, 15) is 18.0 Å². The molecule has 0 bridgehead atoms. The minimum absolute atomic E-state index is 0.0156. The summed E-state index contributed by atoms with van der Waals surface area (Å²) in [6.07, 6.45) is -0.161. The van der Waals surface area contributed by atoms with Crippen molar-refractivity contribution in [2.24, 2.45) is 0 Å². The Balaban J connectivity index is 2.15. The maximum absolute atomic E-state index is 12.8. The number of sulfonamides is 1. The minimum Gasteiger partial charge on any atom is -0.449 e. The molecule has 2 aromatic carbocycles. The summed E-state index contributed by atoms with van der Waals surface area (Å²) in [5, 5.41) is 2.71. The second kappa shape index (κ2) is 10.5.